The second kappa shape index (κ2) is 6.20. The highest BCUT2D eigenvalue weighted by atomic mass is 32.1. The zero-order chi connectivity index (χ0) is 18.5. The van der Waals surface area contributed by atoms with Crippen LogP contribution in [0.3, 0.4) is 0 Å². The Morgan fingerprint density at radius 2 is 2.04 bits per heavy atom. The van der Waals surface area contributed by atoms with E-state index in [2.05, 4.69) is 17.0 Å². The standard InChI is InChI=1S/C20H20N4O2S/c1-11-5-4-6-15-16(11)17-19-22-18(23-24(19)10-21-20(17)27-15)12-7-8-13(25-2)14(9-12)26-3/h7-11H,4-6H2,1-3H3/t11-/m0/s1. The highest BCUT2D eigenvalue weighted by Crippen LogP contribution is 2.43. The minimum Gasteiger partial charge on any atom is -0.493 e. The van der Waals surface area contributed by atoms with Crippen molar-refractivity contribution in [3.05, 3.63) is 35.0 Å². The predicted octanol–water partition coefficient (Wildman–Crippen LogP) is 4.46. The molecule has 0 saturated carbocycles. The maximum atomic E-state index is 5.42. The second-order valence-corrected chi connectivity index (χ2v) is 8.01. The molecule has 0 radical (unpaired) electrons. The summed E-state index contributed by atoms with van der Waals surface area (Å²) in [4.78, 5) is 12.1. The first kappa shape index (κ1) is 16.5. The molecule has 0 amide bonds. The van der Waals surface area contributed by atoms with Crippen LogP contribution in [0.4, 0.5) is 0 Å². The van der Waals surface area contributed by atoms with E-state index in [0.29, 0.717) is 23.2 Å². The van der Waals surface area contributed by atoms with Crippen molar-refractivity contribution in [2.75, 3.05) is 14.2 Å². The van der Waals surface area contributed by atoms with Gasteiger partial charge < -0.3 is 9.47 Å². The van der Waals surface area contributed by atoms with Gasteiger partial charge in [-0.3, -0.25) is 0 Å². The van der Waals surface area contributed by atoms with Crippen LogP contribution in [0.25, 0.3) is 27.3 Å². The van der Waals surface area contributed by atoms with Gasteiger partial charge in [-0.25, -0.2) is 14.5 Å². The van der Waals surface area contributed by atoms with Gasteiger partial charge in [0.15, 0.2) is 23.0 Å². The molecule has 138 valence electrons. The molecule has 7 heteroatoms. The number of thiophene rings is 1. The van der Waals surface area contributed by atoms with Gasteiger partial charge in [0.05, 0.1) is 19.6 Å². The lowest BCUT2D eigenvalue weighted by Gasteiger charge is -2.18. The lowest BCUT2D eigenvalue weighted by molar-refractivity contribution is 0.355. The fourth-order valence-corrected chi connectivity index (χ4v) is 5.28. The number of benzene rings is 1. The SMILES string of the molecule is COc1ccc(-c2nc3c4c5c(sc4ncn3n2)CCC[C@@H]5C)cc1OC. The third-order valence-electron chi connectivity index (χ3n) is 5.32. The molecule has 0 unspecified atom stereocenters. The normalized spacial score (nSPS) is 16.6. The Labute approximate surface area is 160 Å². The van der Waals surface area contributed by atoms with Crippen LogP contribution < -0.4 is 9.47 Å². The fourth-order valence-electron chi connectivity index (χ4n) is 3.98. The summed E-state index contributed by atoms with van der Waals surface area (Å²) in [6, 6.07) is 5.73. The number of aryl methyl sites for hydroxylation is 1. The molecule has 1 aromatic carbocycles. The van der Waals surface area contributed by atoms with Crippen LogP contribution in [-0.4, -0.2) is 33.8 Å². The van der Waals surface area contributed by atoms with Crippen molar-refractivity contribution >= 4 is 27.2 Å². The summed E-state index contributed by atoms with van der Waals surface area (Å²) in [5.74, 6) is 2.55. The molecule has 0 spiro atoms. The highest BCUT2D eigenvalue weighted by molar-refractivity contribution is 7.19. The monoisotopic (exact) mass is 380 g/mol. The van der Waals surface area contributed by atoms with E-state index in [1.165, 1.54) is 28.7 Å². The summed E-state index contributed by atoms with van der Waals surface area (Å²) in [6.07, 6.45) is 5.38. The Hall–Kier alpha value is -2.67. The molecule has 0 bridgehead atoms. The number of fused-ring (bicyclic) bond motifs is 5. The van der Waals surface area contributed by atoms with Crippen molar-refractivity contribution in [2.45, 2.75) is 32.1 Å². The lowest BCUT2D eigenvalue weighted by Crippen LogP contribution is -2.04. The number of hydrogen-bond acceptors (Lipinski definition) is 6. The molecular weight excluding hydrogens is 360 g/mol. The molecule has 1 atom stereocenters. The molecule has 1 aliphatic carbocycles. The topological polar surface area (TPSA) is 61.5 Å². The Morgan fingerprint density at radius 1 is 1.19 bits per heavy atom. The molecule has 0 fully saturated rings. The van der Waals surface area contributed by atoms with Crippen LogP contribution in [0.15, 0.2) is 24.5 Å². The van der Waals surface area contributed by atoms with E-state index in [4.69, 9.17) is 14.5 Å². The first-order valence-electron chi connectivity index (χ1n) is 9.08. The van der Waals surface area contributed by atoms with Gasteiger partial charge in [-0.05, 0) is 48.9 Å². The molecular formula is C20H20N4O2S. The largest absolute Gasteiger partial charge is 0.493 e. The zero-order valence-corrected chi connectivity index (χ0v) is 16.3. The molecule has 3 aromatic heterocycles. The Bertz CT molecular complexity index is 1160. The van der Waals surface area contributed by atoms with Crippen molar-refractivity contribution in [1.29, 1.82) is 0 Å². The van der Waals surface area contributed by atoms with E-state index in [1.807, 2.05) is 18.2 Å². The molecule has 6 nitrogen and oxygen atoms in total. The van der Waals surface area contributed by atoms with Crippen LogP contribution in [0.2, 0.25) is 0 Å². The molecule has 27 heavy (non-hydrogen) atoms. The minimum atomic E-state index is 0.539. The van der Waals surface area contributed by atoms with Gasteiger partial charge in [0.2, 0.25) is 0 Å². The number of ether oxygens (including phenoxy) is 2. The van der Waals surface area contributed by atoms with Crippen LogP contribution in [0.5, 0.6) is 11.5 Å². The quantitative estimate of drug-likeness (QED) is 0.525. The summed E-state index contributed by atoms with van der Waals surface area (Å²) in [7, 11) is 3.26. The van der Waals surface area contributed by atoms with E-state index >= 15 is 0 Å². The summed E-state index contributed by atoms with van der Waals surface area (Å²) >= 11 is 1.81. The van der Waals surface area contributed by atoms with E-state index in [0.717, 1.165) is 22.5 Å². The van der Waals surface area contributed by atoms with Gasteiger partial charge >= 0.3 is 0 Å². The predicted molar refractivity (Wildman–Crippen MR) is 106 cm³/mol. The van der Waals surface area contributed by atoms with Crippen molar-refractivity contribution in [2.24, 2.45) is 0 Å². The van der Waals surface area contributed by atoms with Crippen LogP contribution in [0.1, 0.15) is 36.1 Å². The summed E-state index contributed by atoms with van der Waals surface area (Å²) in [5.41, 5.74) is 3.20. The molecule has 3 heterocycles. The van der Waals surface area contributed by atoms with Crippen LogP contribution in [0, 0.1) is 0 Å². The Balaban J connectivity index is 1.72. The van der Waals surface area contributed by atoms with Crippen molar-refractivity contribution < 1.29 is 9.47 Å². The van der Waals surface area contributed by atoms with E-state index < -0.39 is 0 Å². The van der Waals surface area contributed by atoms with Gasteiger partial charge in [-0.2, -0.15) is 0 Å². The van der Waals surface area contributed by atoms with E-state index in [1.54, 1.807) is 36.4 Å². The minimum absolute atomic E-state index is 0.539. The number of hydrogen-bond donors (Lipinski definition) is 0. The smallest absolute Gasteiger partial charge is 0.182 e. The van der Waals surface area contributed by atoms with Crippen LogP contribution in [-0.2, 0) is 6.42 Å². The summed E-state index contributed by atoms with van der Waals surface area (Å²) in [6.45, 7) is 2.30. The average Bonchev–Trinajstić information content (AvgIpc) is 3.28. The zero-order valence-electron chi connectivity index (χ0n) is 15.5. The summed E-state index contributed by atoms with van der Waals surface area (Å²) < 4.78 is 12.5. The molecule has 5 rings (SSSR count). The molecule has 0 aliphatic heterocycles. The van der Waals surface area contributed by atoms with Gasteiger partial charge in [0, 0.05) is 10.4 Å². The third-order valence-corrected chi connectivity index (χ3v) is 6.49. The molecule has 4 aromatic rings. The maximum absolute atomic E-state index is 5.42. The number of rotatable bonds is 3. The molecule has 0 N–H and O–H groups in total. The van der Waals surface area contributed by atoms with Crippen molar-refractivity contribution in [3.63, 3.8) is 0 Å². The maximum Gasteiger partial charge on any atom is 0.182 e. The fraction of sp³-hybridized carbons (Fsp3) is 0.350. The Morgan fingerprint density at radius 3 is 2.85 bits per heavy atom. The number of aromatic nitrogens is 4. The number of nitrogens with zero attached hydrogens (tertiary/aromatic N) is 4. The van der Waals surface area contributed by atoms with E-state index in [-0.39, 0.29) is 0 Å². The van der Waals surface area contributed by atoms with Crippen LogP contribution >= 0.6 is 11.3 Å². The first-order valence-corrected chi connectivity index (χ1v) is 9.90. The van der Waals surface area contributed by atoms with Gasteiger partial charge in [0.1, 0.15) is 11.2 Å². The van der Waals surface area contributed by atoms with Gasteiger partial charge in [-0.15, -0.1) is 16.4 Å². The Kier molecular flexibility index (Phi) is 3.79. The van der Waals surface area contributed by atoms with Crippen molar-refractivity contribution in [3.8, 4) is 22.9 Å². The molecule has 0 saturated heterocycles. The van der Waals surface area contributed by atoms with Crippen molar-refractivity contribution in [1.82, 2.24) is 19.6 Å². The molecule has 1 aliphatic rings. The number of methoxy groups -OCH3 is 2. The summed E-state index contributed by atoms with van der Waals surface area (Å²) in [5, 5.41) is 5.84. The lowest BCUT2D eigenvalue weighted by atomic mass is 9.87. The highest BCUT2D eigenvalue weighted by Gasteiger charge is 2.25. The van der Waals surface area contributed by atoms with E-state index in [9.17, 15) is 0 Å². The third kappa shape index (κ3) is 2.49. The second-order valence-electron chi connectivity index (χ2n) is 6.93. The average molecular weight is 380 g/mol. The van der Waals surface area contributed by atoms with Gasteiger partial charge in [-0.1, -0.05) is 6.92 Å². The van der Waals surface area contributed by atoms with Gasteiger partial charge in [0.25, 0.3) is 0 Å². The first-order chi connectivity index (χ1) is 13.2.